The molecule has 0 radical (unpaired) electrons. The minimum absolute atomic E-state index is 0.448. The van der Waals surface area contributed by atoms with Crippen LogP contribution >= 0.6 is 11.6 Å². The van der Waals surface area contributed by atoms with Crippen molar-refractivity contribution >= 4 is 40.4 Å². The van der Waals surface area contributed by atoms with Gasteiger partial charge in [-0.3, -0.25) is 0 Å². The SMILES string of the molecule is CCN[C@@H]1CCN(c2ccc(Nc3ncc(Cl)c(Nc4ccccc4CNCC4CC4)n3)c(OCC)c2)C1. The maximum Gasteiger partial charge on any atom is 0.229 e. The fraction of sp³-hybridized carbons (Fsp3) is 0.448. The van der Waals surface area contributed by atoms with E-state index < -0.39 is 0 Å². The molecular weight excluding hydrogens is 498 g/mol. The van der Waals surface area contributed by atoms with Gasteiger partial charge in [0.1, 0.15) is 10.8 Å². The molecule has 0 bridgehead atoms. The second-order valence-electron chi connectivity index (χ2n) is 9.97. The third kappa shape index (κ3) is 6.87. The lowest BCUT2D eigenvalue weighted by Crippen LogP contribution is -2.32. The van der Waals surface area contributed by atoms with Gasteiger partial charge >= 0.3 is 0 Å². The zero-order valence-corrected chi connectivity index (χ0v) is 23.0. The maximum atomic E-state index is 6.50. The number of nitrogens with one attached hydrogen (secondary N) is 4. The van der Waals surface area contributed by atoms with Crippen molar-refractivity contribution in [1.82, 2.24) is 20.6 Å². The van der Waals surface area contributed by atoms with Crippen molar-refractivity contribution in [2.75, 3.05) is 48.3 Å². The molecule has 0 unspecified atom stereocenters. The predicted octanol–water partition coefficient (Wildman–Crippen LogP) is 5.70. The molecule has 9 heteroatoms. The number of anilines is 5. The molecule has 38 heavy (non-hydrogen) atoms. The van der Waals surface area contributed by atoms with E-state index in [-0.39, 0.29) is 0 Å². The molecular formula is C29H38ClN7O. The van der Waals surface area contributed by atoms with Crippen LogP contribution in [-0.4, -0.2) is 48.8 Å². The van der Waals surface area contributed by atoms with E-state index in [1.54, 1.807) is 6.20 Å². The van der Waals surface area contributed by atoms with Gasteiger partial charge in [0.25, 0.3) is 0 Å². The highest BCUT2D eigenvalue weighted by Gasteiger charge is 2.23. The fourth-order valence-corrected chi connectivity index (χ4v) is 4.97. The molecule has 3 aromatic rings. The van der Waals surface area contributed by atoms with Gasteiger partial charge in [-0.05, 0) is 69.0 Å². The highest BCUT2D eigenvalue weighted by molar-refractivity contribution is 6.32. The van der Waals surface area contributed by atoms with Crippen LogP contribution in [0.4, 0.5) is 28.8 Å². The Morgan fingerprint density at radius 2 is 1.92 bits per heavy atom. The number of likely N-dealkylation sites (N-methyl/N-ethyl adjacent to an activating group) is 1. The quantitative estimate of drug-likeness (QED) is 0.222. The molecule has 1 aliphatic heterocycles. The topological polar surface area (TPSA) is 86.4 Å². The molecule has 1 aliphatic carbocycles. The number of nitrogens with zero attached hydrogens (tertiary/aromatic N) is 3. The van der Waals surface area contributed by atoms with E-state index in [2.05, 4.69) is 62.3 Å². The molecule has 2 heterocycles. The van der Waals surface area contributed by atoms with E-state index in [9.17, 15) is 0 Å². The normalized spacial score (nSPS) is 17.0. The van der Waals surface area contributed by atoms with Gasteiger partial charge in [0.05, 0.1) is 18.5 Å². The number of ether oxygens (including phenoxy) is 1. The van der Waals surface area contributed by atoms with E-state index in [0.717, 1.165) is 67.9 Å². The third-order valence-corrected chi connectivity index (χ3v) is 7.29. The smallest absolute Gasteiger partial charge is 0.229 e. The lowest BCUT2D eigenvalue weighted by Gasteiger charge is -2.21. The number of halogens is 1. The number of rotatable bonds is 13. The van der Waals surface area contributed by atoms with E-state index >= 15 is 0 Å². The molecule has 8 nitrogen and oxygen atoms in total. The number of aromatic nitrogens is 2. The van der Waals surface area contributed by atoms with Crippen LogP contribution in [0.2, 0.25) is 5.02 Å². The minimum atomic E-state index is 0.448. The second kappa shape index (κ2) is 12.7. The first-order valence-electron chi connectivity index (χ1n) is 13.7. The largest absolute Gasteiger partial charge is 0.492 e. The molecule has 1 aromatic heterocycles. The van der Waals surface area contributed by atoms with E-state index in [1.807, 2.05) is 25.1 Å². The van der Waals surface area contributed by atoms with Crippen LogP contribution in [0.25, 0.3) is 0 Å². The first kappa shape index (κ1) is 26.5. The van der Waals surface area contributed by atoms with Crippen molar-refractivity contribution in [3.05, 3.63) is 59.2 Å². The van der Waals surface area contributed by atoms with Gasteiger partial charge < -0.3 is 30.9 Å². The van der Waals surface area contributed by atoms with Gasteiger partial charge in [-0.25, -0.2) is 4.98 Å². The average Bonchev–Trinajstić information content (AvgIpc) is 3.63. The fourth-order valence-electron chi connectivity index (χ4n) is 4.83. The van der Waals surface area contributed by atoms with Crippen LogP contribution in [0.1, 0.15) is 38.7 Å². The second-order valence-corrected chi connectivity index (χ2v) is 10.4. The molecule has 202 valence electrons. The number of hydrogen-bond donors (Lipinski definition) is 4. The van der Waals surface area contributed by atoms with Crippen molar-refractivity contribution in [3.8, 4) is 5.75 Å². The van der Waals surface area contributed by atoms with Gasteiger partial charge in [0.2, 0.25) is 5.95 Å². The van der Waals surface area contributed by atoms with E-state index in [0.29, 0.717) is 29.4 Å². The molecule has 2 fully saturated rings. The Bertz CT molecular complexity index is 1220. The monoisotopic (exact) mass is 535 g/mol. The molecule has 1 saturated heterocycles. The molecule has 0 amide bonds. The third-order valence-electron chi connectivity index (χ3n) is 7.02. The van der Waals surface area contributed by atoms with Crippen LogP contribution in [0.15, 0.2) is 48.7 Å². The number of para-hydroxylation sites is 1. The van der Waals surface area contributed by atoms with Crippen LogP contribution < -0.4 is 30.9 Å². The number of hydrogen-bond acceptors (Lipinski definition) is 8. The van der Waals surface area contributed by atoms with Crippen molar-refractivity contribution in [1.29, 1.82) is 0 Å². The Hall–Kier alpha value is -3.07. The van der Waals surface area contributed by atoms with Gasteiger partial charge in [0, 0.05) is 43.1 Å². The zero-order chi connectivity index (χ0) is 26.3. The van der Waals surface area contributed by atoms with Crippen molar-refractivity contribution in [2.24, 2.45) is 5.92 Å². The van der Waals surface area contributed by atoms with E-state index in [4.69, 9.17) is 21.3 Å². The Morgan fingerprint density at radius 3 is 2.74 bits per heavy atom. The van der Waals surface area contributed by atoms with E-state index in [1.165, 1.54) is 18.4 Å². The first-order chi connectivity index (χ1) is 18.6. The van der Waals surface area contributed by atoms with Gasteiger partial charge in [-0.15, -0.1) is 0 Å². The first-order valence-corrected chi connectivity index (χ1v) is 14.1. The van der Waals surface area contributed by atoms with Gasteiger partial charge in [-0.1, -0.05) is 36.7 Å². The standard InChI is InChI=1S/C29H38ClN7O/c1-3-32-22-13-14-37(19-22)23-11-12-26(27(15-23)38-4-2)35-29-33-18-24(30)28(36-29)34-25-8-6-5-7-21(25)17-31-16-20-9-10-20/h5-8,11-12,15,18,20,22,31-32H,3-4,9-10,13-14,16-17,19H2,1-2H3,(H2,33,34,35,36)/t22-/m1/s1. The maximum absolute atomic E-state index is 6.50. The van der Waals surface area contributed by atoms with Crippen molar-refractivity contribution < 1.29 is 4.74 Å². The molecule has 4 N–H and O–H groups in total. The van der Waals surface area contributed by atoms with Crippen LogP contribution in [0.3, 0.4) is 0 Å². The minimum Gasteiger partial charge on any atom is -0.492 e. The lowest BCUT2D eigenvalue weighted by atomic mass is 10.1. The molecule has 1 atom stereocenters. The lowest BCUT2D eigenvalue weighted by molar-refractivity contribution is 0.342. The summed E-state index contributed by atoms with van der Waals surface area (Å²) in [5.74, 6) is 2.61. The Morgan fingerprint density at radius 1 is 1.05 bits per heavy atom. The molecule has 1 saturated carbocycles. The average molecular weight is 536 g/mol. The summed E-state index contributed by atoms with van der Waals surface area (Å²) < 4.78 is 6.00. The summed E-state index contributed by atoms with van der Waals surface area (Å²) in [6, 6.07) is 15.0. The van der Waals surface area contributed by atoms with Gasteiger partial charge in [0.15, 0.2) is 5.82 Å². The zero-order valence-electron chi connectivity index (χ0n) is 22.3. The summed E-state index contributed by atoms with van der Waals surface area (Å²) >= 11 is 6.50. The summed E-state index contributed by atoms with van der Waals surface area (Å²) in [6.07, 6.45) is 5.43. The summed E-state index contributed by atoms with van der Waals surface area (Å²) in [5, 5.41) is 14.3. The van der Waals surface area contributed by atoms with Crippen LogP contribution in [0.5, 0.6) is 5.75 Å². The van der Waals surface area contributed by atoms with Crippen LogP contribution in [0, 0.1) is 5.92 Å². The summed E-state index contributed by atoms with van der Waals surface area (Å²) in [7, 11) is 0. The summed E-state index contributed by atoms with van der Waals surface area (Å²) in [5.41, 5.74) is 4.12. The Labute approximate surface area is 230 Å². The summed E-state index contributed by atoms with van der Waals surface area (Å²) in [4.78, 5) is 11.5. The summed E-state index contributed by atoms with van der Waals surface area (Å²) in [6.45, 7) is 9.59. The molecule has 2 aromatic carbocycles. The highest BCUT2D eigenvalue weighted by atomic mass is 35.5. The molecule has 0 spiro atoms. The molecule has 2 aliphatic rings. The highest BCUT2D eigenvalue weighted by Crippen LogP contribution is 2.34. The Kier molecular flexibility index (Phi) is 8.83. The number of benzene rings is 2. The van der Waals surface area contributed by atoms with Crippen molar-refractivity contribution in [2.45, 2.75) is 45.7 Å². The predicted molar refractivity (Wildman–Crippen MR) is 156 cm³/mol. The van der Waals surface area contributed by atoms with Crippen LogP contribution in [-0.2, 0) is 6.54 Å². The molecule has 5 rings (SSSR count). The van der Waals surface area contributed by atoms with Crippen molar-refractivity contribution in [3.63, 3.8) is 0 Å². The van der Waals surface area contributed by atoms with Gasteiger partial charge in [-0.2, -0.15) is 4.98 Å². The Balaban J connectivity index is 1.30.